The van der Waals surface area contributed by atoms with E-state index in [1.165, 1.54) is 0 Å². The van der Waals surface area contributed by atoms with Crippen LogP contribution in [0, 0.1) is 0 Å². The molecule has 19 heavy (non-hydrogen) atoms. The normalized spacial score (nSPS) is 12.6. The lowest BCUT2D eigenvalue weighted by Gasteiger charge is -2.14. The Balaban J connectivity index is 2.21. The second-order valence-electron chi connectivity index (χ2n) is 4.50. The fourth-order valence-electron chi connectivity index (χ4n) is 2.15. The summed E-state index contributed by atoms with van der Waals surface area (Å²) in [6, 6.07) is 3.86. The highest BCUT2D eigenvalue weighted by atomic mass is 35.5. The average Bonchev–Trinajstić information content (AvgIpc) is 2.81. The summed E-state index contributed by atoms with van der Waals surface area (Å²) in [5, 5.41) is 5.15. The van der Waals surface area contributed by atoms with Gasteiger partial charge in [-0.2, -0.15) is 5.10 Å². The fraction of sp³-hybridized carbons (Fsp3) is 0.429. The van der Waals surface area contributed by atoms with Crippen molar-refractivity contribution in [1.29, 1.82) is 0 Å². The van der Waals surface area contributed by atoms with Crippen molar-refractivity contribution in [3.05, 3.63) is 46.5 Å². The quantitative estimate of drug-likeness (QED) is 0.915. The van der Waals surface area contributed by atoms with Crippen molar-refractivity contribution in [2.45, 2.75) is 39.3 Å². The molecule has 0 saturated heterocycles. The van der Waals surface area contributed by atoms with Gasteiger partial charge in [0.2, 0.25) is 0 Å². The van der Waals surface area contributed by atoms with Gasteiger partial charge in [0, 0.05) is 37.1 Å². The minimum absolute atomic E-state index is 0.137. The Morgan fingerprint density at radius 3 is 2.84 bits per heavy atom. The lowest BCUT2D eigenvalue weighted by molar-refractivity contribution is 0.585. The van der Waals surface area contributed by atoms with Crippen LogP contribution in [-0.4, -0.2) is 14.8 Å². The van der Waals surface area contributed by atoms with Crippen molar-refractivity contribution in [1.82, 2.24) is 14.8 Å². The van der Waals surface area contributed by atoms with Crippen molar-refractivity contribution in [2.24, 2.45) is 5.73 Å². The molecule has 0 bridgehead atoms. The highest BCUT2D eigenvalue weighted by Crippen LogP contribution is 2.23. The van der Waals surface area contributed by atoms with Crippen molar-refractivity contribution < 1.29 is 0 Å². The number of halogens is 1. The van der Waals surface area contributed by atoms with Gasteiger partial charge < -0.3 is 5.73 Å². The molecule has 0 aromatic carbocycles. The standard InChI is InChI=1S/C14H19ClN4/c1-3-10-7-11(19(4-2)18-10)8-14(16)12-5-6-17-9-13(12)15/h5-7,9,14H,3-4,8,16H2,1-2H3. The third-order valence-corrected chi connectivity index (χ3v) is 3.52. The van der Waals surface area contributed by atoms with Gasteiger partial charge in [-0.05, 0) is 31.0 Å². The zero-order valence-electron chi connectivity index (χ0n) is 11.3. The zero-order valence-corrected chi connectivity index (χ0v) is 12.1. The first-order valence-corrected chi connectivity index (χ1v) is 6.94. The highest BCUT2D eigenvalue weighted by Gasteiger charge is 2.14. The predicted octanol–water partition coefficient (Wildman–Crippen LogP) is 2.76. The molecule has 0 aliphatic rings. The van der Waals surface area contributed by atoms with E-state index in [9.17, 15) is 0 Å². The first-order valence-electron chi connectivity index (χ1n) is 6.56. The van der Waals surface area contributed by atoms with Crippen LogP contribution in [0.3, 0.4) is 0 Å². The predicted molar refractivity (Wildman–Crippen MR) is 77.2 cm³/mol. The van der Waals surface area contributed by atoms with Gasteiger partial charge in [0.1, 0.15) is 0 Å². The third-order valence-electron chi connectivity index (χ3n) is 3.21. The molecule has 0 amide bonds. The van der Waals surface area contributed by atoms with Crippen molar-refractivity contribution in [3.63, 3.8) is 0 Å². The Labute approximate surface area is 118 Å². The molecule has 2 aromatic heterocycles. The number of nitrogens with two attached hydrogens (primary N) is 1. The Morgan fingerprint density at radius 1 is 1.42 bits per heavy atom. The van der Waals surface area contributed by atoms with Crippen LogP contribution in [0.4, 0.5) is 0 Å². The largest absolute Gasteiger partial charge is 0.324 e. The molecule has 1 unspecified atom stereocenters. The summed E-state index contributed by atoms with van der Waals surface area (Å²) in [6.45, 7) is 5.04. The van der Waals surface area contributed by atoms with E-state index in [0.29, 0.717) is 5.02 Å². The average molecular weight is 279 g/mol. The minimum Gasteiger partial charge on any atom is -0.324 e. The van der Waals surface area contributed by atoms with Crippen LogP contribution in [0.5, 0.6) is 0 Å². The number of pyridine rings is 1. The molecule has 102 valence electrons. The maximum Gasteiger partial charge on any atom is 0.0637 e. The molecule has 5 heteroatoms. The number of rotatable bonds is 5. The molecule has 0 aliphatic carbocycles. The summed E-state index contributed by atoms with van der Waals surface area (Å²) in [4.78, 5) is 3.98. The summed E-state index contributed by atoms with van der Waals surface area (Å²) in [5.74, 6) is 0. The van der Waals surface area contributed by atoms with Gasteiger partial charge in [-0.15, -0.1) is 0 Å². The van der Waals surface area contributed by atoms with E-state index in [1.54, 1.807) is 12.4 Å². The summed E-state index contributed by atoms with van der Waals surface area (Å²) in [5.41, 5.74) is 9.43. The number of aromatic nitrogens is 3. The maximum absolute atomic E-state index is 6.25. The Bertz CT molecular complexity index is 550. The van der Waals surface area contributed by atoms with Gasteiger partial charge in [0.15, 0.2) is 0 Å². The molecule has 1 atom stereocenters. The van der Waals surface area contributed by atoms with Crippen LogP contribution in [0.15, 0.2) is 24.5 Å². The third kappa shape index (κ3) is 3.14. The molecule has 0 aliphatic heterocycles. The second kappa shape index (κ2) is 6.17. The second-order valence-corrected chi connectivity index (χ2v) is 4.91. The zero-order chi connectivity index (χ0) is 13.8. The summed E-state index contributed by atoms with van der Waals surface area (Å²) in [6.07, 6.45) is 5.01. The van der Waals surface area contributed by atoms with Crippen LogP contribution in [0.25, 0.3) is 0 Å². The van der Waals surface area contributed by atoms with E-state index in [1.807, 2.05) is 10.7 Å². The maximum atomic E-state index is 6.25. The van der Waals surface area contributed by atoms with E-state index in [2.05, 4.69) is 30.0 Å². The van der Waals surface area contributed by atoms with Gasteiger partial charge in [-0.1, -0.05) is 18.5 Å². The fourth-order valence-corrected chi connectivity index (χ4v) is 2.41. The molecule has 0 saturated carbocycles. The van der Waals surface area contributed by atoms with Crippen molar-refractivity contribution >= 4 is 11.6 Å². The SMILES string of the molecule is CCc1cc(CC(N)c2ccncc2Cl)n(CC)n1. The van der Waals surface area contributed by atoms with Gasteiger partial charge >= 0.3 is 0 Å². The van der Waals surface area contributed by atoms with E-state index in [4.69, 9.17) is 17.3 Å². The number of aryl methyl sites for hydroxylation is 2. The number of nitrogens with zero attached hydrogens (tertiary/aromatic N) is 3. The minimum atomic E-state index is -0.137. The molecule has 0 fully saturated rings. The topological polar surface area (TPSA) is 56.7 Å². The van der Waals surface area contributed by atoms with Crippen LogP contribution < -0.4 is 5.73 Å². The molecule has 2 heterocycles. The molecule has 4 nitrogen and oxygen atoms in total. The van der Waals surface area contributed by atoms with Crippen molar-refractivity contribution in [3.8, 4) is 0 Å². The first kappa shape index (κ1) is 14.0. The van der Waals surface area contributed by atoms with E-state index in [-0.39, 0.29) is 6.04 Å². The van der Waals surface area contributed by atoms with Crippen LogP contribution in [0.1, 0.15) is 36.8 Å². The molecule has 0 spiro atoms. The van der Waals surface area contributed by atoms with Crippen LogP contribution in [0.2, 0.25) is 5.02 Å². The monoisotopic (exact) mass is 278 g/mol. The Hall–Kier alpha value is -1.39. The number of hydrogen-bond donors (Lipinski definition) is 1. The molecule has 0 radical (unpaired) electrons. The van der Waals surface area contributed by atoms with E-state index >= 15 is 0 Å². The lowest BCUT2D eigenvalue weighted by Crippen LogP contribution is -2.16. The number of hydrogen-bond acceptors (Lipinski definition) is 3. The molecule has 2 N–H and O–H groups in total. The molecular formula is C14H19ClN4. The lowest BCUT2D eigenvalue weighted by atomic mass is 10.0. The summed E-state index contributed by atoms with van der Waals surface area (Å²) < 4.78 is 2.01. The summed E-state index contributed by atoms with van der Waals surface area (Å²) in [7, 11) is 0. The smallest absolute Gasteiger partial charge is 0.0637 e. The van der Waals surface area contributed by atoms with Gasteiger partial charge in [0.05, 0.1) is 10.7 Å². The first-order chi connectivity index (χ1) is 9.15. The van der Waals surface area contributed by atoms with Gasteiger partial charge in [-0.3, -0.25) is 9.67 Å². The Kier molecular flexibility index (Phi) is 4.56. The summed E-state index contributed by atoms with van der Waals surface area (Å²) >= 11 is 6.13. The van der Waals surface area contributed by atoms with Crippen LogP contribution >= 0.6 is 11.6 Å². The molecule has 2 aromatic rings. The Morgan fingerprint density at radius 2 is 2.21 bits per heavy atom. The van der Waals surface area contributed by atoms with Crippen molar-refractivity contribution in [2.75, 3.05) is 0 Å². The van der Waals surface area contributed by atoms with E-state index in [0.717, 1.165) is 36.3 Å². The van der Waals surface area contributed by atoms with Crippen LogP contribution in [-0.2, 0) is 19.4 Å². The molecular weight excluding hydrogens is 260 g/mol. The molecule has 2 rings (SSSR count). The van der Waals surface area contributed by atoms with E-state index < -0.39 is 0 Å². The van der Waals surface area contributed by atoms with Gasteiger partial charge in [-0.25, -0.2) is 0 Å². The van der Waals surface area contributed by atoms with Gasteiger partial charge in [0.25, 0.3) is 0 Å². The highest BCUT2D eigenvalue weighted by molar-refractivity contribution is 6.31.